The summed E-state index contributed by atoms with van der Waals surface area (Å²) in [5.41, 5.74) is 4.94. The van der Waals surface area contributed by atoms with Crippen molar-refractivity contribution < 1.29 is 19.1 Å². The first kappa shape index (κ1) is 31.8. The van der Waals surface area contributed by atoms with Crippen molar-refractivity contribution in [3.8, 4) is 0 Å². The fourth-order valence-electron chi connectivity index (χ4n) is 5.87. The van der Waals surface area contributed by atoms with Gasteiger partial charge in [0.1, 0.15) is 0 Å². The highest BCUT2D eigenvalue weighted by Gasteiger charge is 2.31. The first-order valence-electron chi connectivity index (χ1n) is 14.6. The molecule has 0 unspecified atom stereocenters. The third-order valence-electron chi connectivity index (χ3n) is 8.60. The fourth-order valence-corrected chi connectivity index (χ4v) is 5.87. The number of hydrogen-bond donors (Lipinski definition) is 0. The molecule has 1 fully saturated rings. The van der Waals surface area contributed by atoms with E-state index in [0.29, 0.717) is 18.9 Å². The standard InChI is InChI=1S/C33H44N2O4.ClH/c1-5-39-32(38)33(3,4)30-8-6-7-26(21-30)23-34-17-15-27-10-11-29(22-28(27)16-18-34)31(37)12-9-25-13-19-35(20-14-25)24(2)36;/h6-8,10-11,21-22,25H,5,9,12-20,23H2,1-4H3;1H. The lowest BCUT2D eigenvalue weighted by molar-refractivity contribution is -0.148. The largest absolute Gasteiger partial charge is 0.465 e. The lowest BCUT2D eigenvalue weighted by atomic mass is 9.84. The molecule has 2 aliphatic rings. The van der Waals surface area contributed by atoms with Crippen LogP contribution in [0.2, 0.25) is 0 Å². The molecular formula is C33H45ClN2O4. The number of halogens is 1. The molecule has 7 heteroatoms. The van der Waals surface area contributed by atoms with Gasteiger partial charge >= 0.3 is 5.97 Å². The van der Waals surface area contributed by atoms with Crippen molar-refractivity contribution in [2.24, 2.45) is 5.92 Å². The van der Waals surface area contributed by atoms with Gasteiger partial charge in [0.2, 0.25) is 5.91 Å². The number of Topliss-reactive ketones (excluding diaryl/α,β-unsaturated/α-hetero) is 1. The number of amides is 1. The van der Waals surface area contributed by atoms with Crippen molar-refractivity contribution in [3.63, 3.8) is 0 Å². The minimum Gasteiger partial charge on any atom is -0.465 e. The van der Waals surface area contributed by atoms with Crippen LogP contribution in [0, 0.1) is 5.92 Å². The molecule has 218 valence electrons. The van der Waals surface area contributed by atoms with Gasteiger partial charge in [0.15, 0.2) is 5.78 Å². The number of esters is 1. The van der Waals surface area contributed by atoms with Gasteiger partial charge in [-0.1, -0.05) is 36.4 Å². The van der Waals surface area contributed by atoms with Gasteiger partial charge in [-0.2, -0.15) is 0 Å². The summed E-state index contributed by atoms with van der Waals surface area (Å²) in [6, 6.07) is 14.6. The molecule has 2 heterocycles. The van der Waals surface area contributed by atoms with E-state index in [2.05, 4.69) is 29.2 Å². The van der Waals surface area contributed by atoms with E-state index in [1.807, 2.05) is 43.9 Å². The normalized spacial score (nSPS) is 16.4. The van der Waals surface area contributed by atoms with Crippen molar-refractivity contribution in [3.05, 3.63) is 70.3 Å². The lowest BCUT2D eigenvalue weighted by Crippen LogP contribution is -2.37. The predicted molar refractivity (Wildman–Crippen MR) is 161 cm³/mol. The first-order valence-corrected chi connectivity index (χ1v) is 14.6. The topological polar surface area (TPSA) is 66.9 Å². The maximum absolute atomic E-state index is 13.0. The van der Waals surface area contributed by atoms with E-state index in [1.165, 1.54) is 16.7 Å². The van der Waals surface area contributed by atoms with Crippen molar-refractivity contribution in [2.45, 2.75) is 78.2 Å². The van der Waals surface area contributed by atoms with Gasteiger partial charge in [-0.3, -0.25) is 19.3 Å². The molecule has 1 amide bonds. The Morgan fingerprint density at radius 1 is 0.950 bits per heavy atom. The number of fused-ring (bicyclic) bond motifs is 1. The molecule has 0 spiro atoms. The van der Waals surface area contributed by atoms with Crippen LogP contribution in [0.4, 0.5) is 0 Å². The highest BCUT2D eigenvalue weighted by molar-refractivity contribution is 5.96. The van der Waals surface area contributed by atoms with E-state index in [1.54, 1.807) is 6.92 Å². The molecule has 1 saturated heterocycles. The van der Waals surface area contributed by atoms with Gasteiger partial charge < -0.3 is 9.64 Å². The molecule has 40 heavy (non-hydrogen) atoms. The Morgan fingerprint density at radius 2 is 1.65 bits per heavy atom. The van der Waals surface area contributed by atoms with Crippen molar-refractivity contribution in [2.75, 3.05) is 32.8 Å². The second-order valence-corrected chi connectivity index (χ2v) is 11.7. The molecule has 2 aliphatic heterocycles. The van der Waals surface area contributed by atoms with Crippen LogP contribution < -0.4 is 0 Å². The summed E-state index contributed by atoms with van der Waals surface area (Å²) in [4.78, 5) is 41.5. The summed E-state index contributed by atoms with van der Waals surface area (Å²) in [5.74, 6) is 0.713. The number of ketones is 1. The minimum atomic E-state index is -0.685. The molecule has 0 N–H and O–H groups in total. The minimum absolute atomic E-state index is 0. The summed E-state index contributed by atoms with van der Waals surface area (Å²) in [5, 5.41) is 0. The number of carbonyl (C=O) groups excluding carboxylic acids is 3. The van der Waals surface area contributed by atoms with Crippen molar-refractivity contribution >= 4 is 30.1 Å². The van der Waals surface area contributed by atoms with E-state index in [4.69, 9.17) is 4.74 Å². The van der Waals surface area contributed by atoms with E-state index < -0.39 is 5.41 Å². The first-order chi connectivity index (χ1) is 18.7. The van der Waals surface area contributed by atoms with E-state index in [9.17, 15) is 14.4 Å². The highest BCUT2D eigenvalue weighted by atomic mass is 35.5. The molecule has 0 radical (unpaired) electrons. The molecule has 6 nitrogen and oxygen atoms in total. The van der Waals surface area contributed by atoms with Crippen LogP contribution >= 0.6 is 12.4 Å². The summed E-state index contributed by atoms with van der Waals surface area (Å²) in [6.07, 6.45) is 5.36. The van der Waals surface area contributed by atoms with E-state index in [0.717, 1.165) is 76.0 Å². The molecule has 0 aliphatic carbocycles. The molecular weight excluding hydrogens is 524 g/mol. The molecule has 0 atom stereocenters. The van der Waals surface area contributed by atoms with Crippen LogP contribution in [-0.4, -0.2) is 60.2 Å². The van der Waals surface area contributed by atoms with Crippen LogP contribution in [0.1, 0.15) is 86.0 Å². The third kappa shape index (κ3) is 7.94. The van der Waals surface area contributed by atoms with Crippen LogP contribution in [0.5, 0.6) is 0 Å². The Balaban J connectivity index is 0.00000441. The van der Waals surface area contributed by atoms with Gasteiger partial charge in [0.25, 0.3) is 0 Å². The van der Waals surface area contributed by atoms with E-state index in [-0.39, 0.29) is 30.1 Å². The van der Waals surface area contributed by atoms with Crippen LogP contribution in [0.15, 0.2) is 42.5 Å². The third-order valence-corrected chi connectivity index (χ3v) is 8.60. The molecule has 2 aromatic carbocycles. The lowest BCUT2D eigenvalue weighted by Gasteiger charge is -2.31. The van der Waals surface area contributed by atoms with Crippen LogP contribution in [0.3, 0.4) is 0 Å². The predicted octanol–water partition coefficient (Wildman–Crippen LogP) is 5.77. The van der Waals surface area contributed by atoms with Crippen molar-refractivity contribution in [1.82, 2.24) is 9.80 Å². The summed E-state index contributed by atoms with van der Waals surface area (Å²) < 4.78 is 5.30. The second-order valence-electron chi connectivity index (χ2n) is 11.7. The Hall–Kier alpha value is -2.70. The number of hydrogen-bond acceptors (Lipinski definition) is 5. The SMILES string of the molecule is CCOC(=O)C(C)(C)c1cccc(CN2CCc3ccc(C(=O)CCC4CCN(C(C)=O)CC4)cc3CC2)c1.Cl. The van der Waals surface area contributed by atoms with Gasteiger partial charge in [-0.05, 0) is 87.1 Å². The van der Waals surface area contributed by atoms with Gasteiger partial charge in [0.05, 0.1) is 12.0 Å². The van der Waals surface area contributed by atoms with Crippen LogP contribution in [-0.2, 0) is 39.1 Å². The summed E-state index contributed by atoms with van der Waals surface area (Å²) in [6.45, 7) is 12.0. The number of piperidine rings is 1. The number of rotatable bonds is 9. The smallest absolute Gasteiger partial charge is 0.315 e. The Kier molecular flexibility index (Phi) is 11.4. The Bertz CT molecular complexity index is 1190. The number of ether oxygens (including phenoxy) is 1. The maximum Gasteiger partial charge on any atom is 0.315 e. The fraction of sp³-hybridized carbons (Fsp3) is 0.545. The van der Waals surface area contributed by atoms with Gasteiger partial charge in [-0.15, -0.1) is 12.4 Å². The van der Waals surface area contributed by atoms with Gasteiger partial charge in [0, 0.05) is 51.6 Å². The van der Waals surface area contributed by atoms with E-state index >= 15 is 0 Å². The Labute approximate surface area is 245 Å². The monoisotopic (exact) mass is 568 g/mol. The zero-order valence-electron chi connectivity index (χ0n) is 24.5. The summed E-state index contributed by atoms with van der Waals surface area (Å²) in [7, 11) is 0. The number of nitrogens with zero attached hydrogens (tertiary/aromatic N) is 2. The second kappa shape index (κ2) is 14.3. The average molecular weight is 569 g/mol. The Morgan fingerprint density at radius 3 is 2.33 bits per heavy atom. The summed E-state index contributed by atoms with van der Waals surface area (Å²) >= 11 is 0. The molecule has 0 aromatic heterocycles. The highest BCUT2D eigenvalue weighted by Crippen LogP contribution is 2.27. The molecule has 2 aromatic rings. The molecule has 0 bridgehead atoms. The van der Waals surface area contributed by atoms with Crippen LogP contribution in [0.25, 0.3) is 0 Å². The number of carbonyl (C=O) groups is 3. The zero-order chi connectivity index (χ0) is 28.0. The van der Waals surface area contributed by atoms with Crippen molar-refractivity contribution in [1.29, 1.82) is 0 Å². The molecule has 4 rings (SSSR count). The number of benzene rings is 2. The maximum atomic E-state index is 13.0. The van der Waals surface area contributed by atoms with Gasteiger partial charge in [-0.25, -0.2) is 0 Å². The average Bonchev–Trinajstić information content (AvgIpc) is 3.14. The zero-order valence-corrected chi connectivity index (χ0v) is 25.4. The quantitative estimate of drug-likeness (QED) is 0.284. The molecule has 0 saturated carbocycles. The number of likely N-dealkylation sites (tertiary alicyclic amines) is 1.